The van der Waals surface area contributed by atoms with E-state index in [0.717, 1.165) is 11.1 Å². The van der Waals surface area contributed by atoms with E-state index >= 15 is 0 Å². The molecule has 0 radical (unpaired) electrons. The smallest absolute Gasteiger partial charge is 0.253 e. The molecule has 4 aliphatic heterocycles. The number of hydrogen-bond donors (Lipinski definition) is 0. The van der Waals surface area contributed by atoms with Gasteiger partial charge in [-0.05, 0) is 61.4 Å². The van der Waals surface area contributed by atoms with E-state index in [4.69, 9.17) is 8.83 Å². The molecule has 42 heavy (non-hydrogen) atoms. The first-order valence-electron chi connectivity index (χ1n) is 13.9. The van der Waals surface area contributed by atoms with E-state index < -0.39 is 47.8 Å². The number of hydrazine groups is 1. The summed E-state index contributed by atoms with van der Waals surface area (Å²) in [5.41, 5.74) is 2.59. The SMILES string of the molecule is Cc1ccccc1N1C(=O)[C@@H]2[C@@H](C1=O)N1[C@H](c3ccco3)[C@@H]3C(=O)N(c4ccccc4C)C(=O)[C@@H]3N1[C@@H]2c1ccco1. The molecule has 0 aliphatic carbocycles. The maximum atomic E-state index is 14.3. The molecule has 8 rings (SSSR count). The Morgan fingerprint density at radius 1 is 0.500 bits per heavy atom. The Bertz CT molecular complexity index is 1640. The second kappa shape index (κ2) is 8.85. The molecule has 0 spiro atoms. The number of hydrogen-bond acceptors (Lipinski definition) is 8. The summed E-state index contributed by atoms with van der Waals surface area (Å²) in [4.78, 5) is 59.7. The predicted octanol–water partition coefficient (Wildman–Crippen LogP) is 3.93. The van der Waals surface area contributed by atoms with Crippen LogP contribution in [0.4, 0.5) is 11.4 Å². The fourth-order valence-electron chi connectivity index (χ4n) is 7.42. The van der Waals surface area contributed by atoms with Crippen molar-refractivity contribution in [3.63, 3.8) is 0 Å². The van der Waals surface area contributed by atoms with Crippen molar-refractivity contribution < 1.29 is 28.0 Å². The summed E-state index contributed by atoms with van der Waals surface area (Å²) in [7, 11) is 0. The number of nitrogens with zero attached hydrogens (tertiary/aromatic N) is 4. The number of aryl methyl sites for hydroxylation is 2. The standard InChI is InChI=1S/C32H26N4O6/c1-17-9-3-5-11-19(17)33-29(37)23-25(21-13-7-15-41-21)36-28-24(26(22-14-8-16-42-22)35(36)27(23)31(33)39)30(38)34(32(28)40)20-12-6-4-10-18(20)2/h3-16,23-28H,1-2H3/t23-,24-,25+,26+,27-,28+/m0/s1. The molecule has 6 atom stereocenters. The van der Waals surface area contributed by atoms with Crippen LogP contribution in [0.2, 0.25) is 0 Å². The van der Waals surface area contributed by atoms with Gasteiger partial charge in [-0.1, -0.05) is 36.4 Å². The lowest BCUT2D eigenvalue weighted by molar-refractivity contribution is -0.136. The Labute approximate surface area is 240 Å². The minimum atomic E-state index is -0.972. The lowest BCUT2D eigenvalue weighted by Gasteiger charge is -2.34. The summed E-state index contributed by atoms with van der Waals surface area (Å²) in [5, 5.41) is 3.52. The number of imide groups is 2. The summed E-state index contributed by atoms with van der Waals surface area (Å²) in [5.74, 6) is -2.46. The van der Waals surface area contributed by atoms with Gasteiger partial charge in [0.2, 0.25) is 11.8 Å². The molecule has 2 aromatic heterocycles. The molecule has 0 N–H and O–H groups in total. The fourth-order valence-corrected chi connectivity index (χ4v) is 7.42. The van der Waals surface area contributed by atoms with Gasteiger partial charge in [-0.25, -0.2) is 19.8 Å². The van der Waals surface area contributed by atoms with E-state index in [1.807, 2.05) is 38.1 Å². The molecular formula is C32H26N4O6. The molecule has 10 heteroatoms. The molecule has 210 valence electrons. The number of carbonyl (C=O) groups is 4. The molecule has 4 aromatic rings. The number of anilines is 2. The van der Waals surface area contributed by atoms with E-state index in [0.29, 0.717) is 22.9 Å². The molecule has 4 aliphatic rings. The zero-order valence-corrected chi connectivity index (χ0v) is 22.8. The van der Waals surface area contributed by atoms with E-state index in [-0.39, 0.29) is 11.8 Å². The van der Waals surface area contributed by atoms with Gasteiger partial charge in [0.05, 0.1) is 47.8 Å². The Balaban J connectivity index is 1.32. The van der Waals surface area contributed by atoms with Crippen LogP contribution in [0.3, 0.4) is 0 Å². The van der Waals surface area contributed by atoms with Crippen LogP contribution in [0.25, 0.3) is 0 Å². The van der Waals surface area contributed by atoms with Crippen LogP contribution in [0.1, 0.15) is 34.7 Å². The average Bonchev–Trinajstić information content (AvgIpc) is 3.81. The molecule has 2 aromatic carbocycles. The van der Waals surface area contributed by atoms with Crippen LogP contribution in [-0.4, -0.2) is 45.7 Å². The second-order valence-corrected chi connectivity index (χ2v) is 11.2. The minimum absolute atomic E-state index is 0.377. The number of amides is 4. The summed E-state index contributed by atoms with van der Waals surface area (Å²) >= 11 is 0. The Morgan fingerprint density at radius 3 is 1.26 bits per heavy atom. The van der Waals surface area contributed by atoms with Crippen molar-refractivity contribution in [3.05, 3.63) is 108 Å². The molecule has 4 fully saturated rings. The third-order valence-electron chi connectivity index (χ3n) is 9.11. The highest BCUT2D eigenvalue weighted by molar-refractivity contribution is 6.26. The van der Waals surface area contributed by atoms with Crippen LogP contribution in [0.15, 0.2) is 94.2 Å². The minimum Gasteiger partial charge on any atom is -0.468 e. The average molecular weight is 563 g/mol. The van der Waals surface area contributed by atoms with E-state index in [9.17, 15) is 19.2 Å². The Kier molecular flexibility index (Phi) is 5.26. The number of furan rings is 2. The first-order valence-corrected chi connectivity index (χ1v) is 13.9. The van der Waals surface area contributed by atoms with Gasteiger partial charge in [-0.3, -0.25) is 19.2 Å². The molecule has 0 saturated carbocycles. The van der Waals surface area contributed by atoms with Crippen LogP contribution in [0.5, 0.6) is 0 Å². The first-order chi connectivity index (χ1) is 20.4. The second-order valence-electron chi connectivity index (χ2n) is 11.2. The molecule has 0 bridgehead atoms. The van der Waals surface area contributed by atoms with Gasteiger partial charge in [-0.2, -0.15) is 0 Å². The van der Waals surface area contributed by atoms with Crippen LogP contribution >= 0.6 is 0 Å². The van der Waals surface area contributed by atoms with Gasteiger partial charge in [-0.15, -0.1) is 0 Å². The van der Waals surface area contributed by atoms with E-state index in [2.05, 4.69) is 0 Å². The Hall–Kier alpha value is -4.80. The molecule has 6 heterocycles. The maximum Gasteiger partial charge on any atom is 0.253 e. The van der Waals surface area contributed by atoms with Crippen LogP contribution in [0, 0.1) is 25.7 Å². The van der Waals surface area contributed by atoms with Gasteiger partial charge in [0, 0.05) is 0 Å². The zero-order chi connectivity index (χ0) is 28.9. The quantitative estimate of drug-likeness (QED) is 0.345. The summed E-state index contributed by atoms with van der Waals surface area (Å²) < 4.78 is 11.7. The van der Waals surface area contributed by atoms with Crippen molar-refractivity contribution in [1.29, 1.82) is 0 Å². The van der Waals surface area contributed by atoms with Crippen molar-refractivity contribution in [2.45, 2.75) is 38.0 Å². The first kappa shape index (κ1) is 25.0. The third kappa shape index (κ3) is 3.10. The van der Waals surface area contributed by atoms with Gasteiger partial charge in [0.1, 0.15) is 23.6 Å². The molecule has 4 saturated heterocycles. The van der Waals surface area contributed by atoms with E-state index in [1.54, 1.807) is 58.5 Å². The largest absolute Gasteiger partial charge is 0.468 e. The van der Waals surface area contributed by atoms with Gasteiger partial charge < -0.3 is 8.83 Å². The third-order valence-corrected chi connectivity index (χ3v) is 9.11. The molecule has 0 unspecified atom stereocenters. The van der Waals surface area contributed by atoms with Gasteiger partial charge in [0.25, 0.3) is 11.8 Å². The number of benzene rings is 2. The molecular weight excluding hydrogens is 536 g/mol. The van der Waals surface area contributed by atoms with Crippen molar-refractivity contribution in [2.75, 3.05) is 9.80 Å². The zero-order valence-electron chi connectivity index (χ0n) is 22.8. The lowest BCUT2D eigenvalue weighted by atomic mass is 9.87. The highest BCUT2D eigenvalue weighted by Gasteiger charge is 2.74. The van der Waals surface area contributed by atoms with Crippen molar-refractivity contribution in [2.24, 2.45) is 11.8 Å². The van der Waals surface area contributed by atoms with Crippen molar-refractivity contribution in [1.82, 2.24) is 10.0 Å². The number of fused-ring (bicyclic) bond motifs is 5. The lowest BCUT2D eigenvalue weighted by Crippen LogP contribution is -2.50. The van der Waals surface area contributed by atoms with E-state index in [1.165, 1.54) is 22.3 Å². The summed E-state index contributed by atoms with van der Waals surface area (Å²) in [6.07, 6.45) is 3.01. The van der Waals surface area contributed by atoms with Crippen LogP contribution < -0.4 is 9.80 Å². The van der Waals surface area contributed by atoms with Crippen LogP contribution in [-0.2, 0) is 19.2 Å². The summed E-state index contributed by atoms with van der Waals surface area (Å²) in [6, 6.07) is 17.9. The maximum absolute atomic E-state index is 14.3. The van der Waals surface area contributed by atoms with Gasteiger partial charge >= 0.3 is 0 Å². The van der Waals surface area contributed by atoms with Crippen molar-refractivity contribution in [3.8, 4) is 0 Å². The Morgan fingerprint density at radius 2 is 0.905 bits per heavy atom. The normalized spacial score (nSPS) is 29.1. The topological polar surface area (TPSA) is 108 Å². The number of para-hydroxylation sites is 2. The van der Waals surface area contributed by atoms with Gasteiger partial charge in [0.15, 0.2) is 0 Å². The predicted molar refractivity (Wildman–Crippen MR) is 148 cm³/mol. The number of carbonyl (C=O) groups excluding carboxylic acids is 4. The number of rotatable bonds is 4. The van der Waals surface area contributed by atoms with Crippen molar-refractivity contribution >= 4 is 35.0 Å². The monoisotopic (exact) mass is 562 g/mol. The highest BCUT2D eigenvalue weighted by Crippen LogP contribution is 2.60. The molecule has 4 amide bonds. The highest BCUT2D eigenvalue weighted by atomic mass is 16.3. The fraction of sp³-hybridized carbons (Fsp3) is 0.250. The summed E-state index contributed by atoms with van der Waals surface area (Å²) in [6.45, 7) is 3.70. The molecule has 10 nitrogen and oxygen atoms in total.